The van der Waals surface area contributed by atoms with Crippen molar-refractivity contribution in [1.82, 2.24) is 4.98 Å². The van der Waals surface area contributed by atoms with Crippen LogP contribution in [0.25, 0.3) is 0 Å². The zero-order chi connectivity index (χ0) is 9.26. The van der Waals surface area contributed by atoms with Gasteiger partial charge in [0.15, 0.2) is 5.78 Å². The summed E-state index contributed by atoms with van der Waals surface area (Å²) in [6.07, 6.45) is 5.01. The third kappa shape index (κ3) is 1.66. The highest BCUT2D eigenvalue weighted by molar-refractivity contribution is 7.11. The average molecular weight is 195 g/mol. The molecule has 1 saturated carbocycles. The molecular formula is C10H13NOS. The number of rotatable bonds is 2. The summed E-state index contributed by atoms with van der Waals surface area (Å²) in [5.74, 6) is 0.731. The van der Waals surface area contributed by atoms with Gasteiger partial charge in [-0.25, -0.2) is 4.98 Å². The van der Waals surface area contributed by atoms with Crippen LogP contribution in [0.3, 0.4) is 0 Å². The smallest absolute Gasteiger partial charge is 0.171 e. The van der Waals surface area contributed by atoms with E-state index >= 15 is 0 Å². The lowest BCUT2D eigenvalue weighted by atomic mass is 10.0. The predicted octanol–water partition coefficient (Wildman–Crippen LogP) is 3.00. The molecule has 0 amide bonds. The number of thiazole rings is 1. The van der Waals surface area contributed by atoms with E-state index in [2.05, 4.69) is 4.98 Å². The first kappa shape index (κ1) is 8.88. The molecule has 1 aromatic rings. The van der Waals surface area contributed by atoms with Gasteiger partial charge in [0.25, 0.3) is 0 Å². The van der Waals surface area contributed by atoms with Crippen LogP contribution >= 0.6 is 11.3 Å². The molecule has 0 radical (unpaired) electrons. The summed E-state index contributed by atoms with van der Waals surface area (Å²) >= 11 is 1.48. The molecule has 1 fully saturated rings. The molecule has 13 heavy (non-hydrogen) atoms. The van der Waals surface area contributed by atoms with Gasteiger partial charge in [-0.3, -0.25) is 4.79 Å². The summed E-state index contributed by atoms with van der Waals surface area (Å²) in [6.45, 7) is 1.63. The maximum Gasteiger partial charge on any atom is 0.171 e. The summed E-state index contributed by atoms with van der Waals surface area (Å²) in [6, 6.07) is 0. The molecule has 70 valence electrons. The number of Topliss-reactive ketones (excluding diaryl/α,β-unsaturated/α-hetero) is 1. The maximum atomic E-state index is 11.3. The van der Waals surface area contributed by atoms with Gasteiger partial charge in [-0.15, -0.1) is 11.3 Å². The second-order valence-corrected chi connectivity index (χ2v) is 4.46. The minimum atomic E-state index is 0.171. The second-order valence-electron chi connectivity index (χ2n) is 3.60. The van der Waals surface area contributed by atoms with Crippen LogP contribution in [0.15, 0.2) is 5.51 Å². The number of hydrogen-bond acceptors (Lipinski definition) is 3. The summed E-state index contributed by atoms with van der Waals surface area (Å²) in [5, 5.41) is 0. The van der Waals surface area contributed by atoms with Crippen molar-refractivity contribution in [2.75, 3.05) is 0 Å². The molecule has 0 spiro atoms. The lowest BCUT2D eigenvalue weighted by Gasteiger charge is -2.06. The van der Waals surface area contributed by atoms with Gasteiger partial charge < -0.3 is 0 Å². The zero-order valence-electron chi connectivity index (χ0n) is 7.75. The van der Waals surface area contributed by atoms with Gasteiger partial charge in [-0.2, -0.15) is 0 Å². The Morgan fingerprint density at radius 3 is 2.85 bits per heavy atom. The molecule has 0 atom stereocenters. The van der Waals surface area contributed by atoms with E-state index in [4.69, 9.17) is 0 Å². The molecule has 1 aliphatic carbocycles. The number of aromatic nitrogens is 1. The van der Waals surface area contributed by atoms with Crippen molar-refractivity contribution >= 4 is 17.1 Å². The molecular weight excluding hydrogens is 182 g/mol. The van der Waals surface area contributed by atoms with Gasteiger partial charge >= 0.3 is 0 Å². The molecule has 1 aromatic heterocycles. The molecule has 0 aromatic carbocycles. The van der Waals surface area contributed by atoms with E-state index in [1.807, 2.05) is 0 Å². The third-order valence-corrected chi connectivity index (χ3v) is 3.60. The molecule has 0 bridgehead atoms. The molecule has 1 aliphatic rings. The van der Waals surface area contributed by atoms with Crippen LogP contribution < -0.4 is 0 Å². The van der Waals surface area contributed by atoms with Crippen molar-refractivity contribution in [3.8, 4) is 0 Å². The largest absolute Gasteiger partial charge is 0.294 e. The van der Waals surface area contributed by atoms with Crippen molar-refractivity contribution in [3.63, 3.8) is 0 Å². The molecule has 0 saturated heterocycles. The minimum absolute atomic E-state index is 0.171. The van der Waals surface area contributed by atoms with Crippen molar-refractivity contribution in [2.24, 2.45) is 0 Å². The fourth-order valence-electron chi connectivity index (χ4n) is 2.01. The molecule has 0 N–H and O–H groups in total. The lowest BCUT2D eigenvalue weighted by Crippen LogP contribution is -2.00. The molecule has 0 unspecified atom stereocenters. The van der Waals surface area contributed by atoms with Gasteiger partial charge in [0.05, 0.1) is 16.1 Å². The lowest BCUT2D eigenvalue weighted by molar-refractivity contribution is 0.102. The molecule has 0 aliphatic heterocycles. The van der Waals surface area contributed by atoms with Gasteiger partial charge in [0.2, 0.25) is 0 Å². The Morgan fingerprint density at radius 2 is 2.23 bits per heavy atom. The Bertz CT molecular complexity index is 312. The fourth-order valence-corrected chi connectivity index (χ4v) is 2.79. The van der Waals surface area contributed by atoms with Crippen LogP contribution in [0.1, 0.15) is 53.9 Å². The van der Waals surface area contributed by atoms with E-state index < -0.39 is 0 Å². The Kier molecular flexibility index (Phi) is 2.44. The Hall–Kier alpha value is -0.700. The van der Waals surface area contributed by atoms with Crippen LogP contribution in [0.4, 0.5) is 0 Å². The second kappa shape index (κ2) is 3.58. The molecule has 2 nitrogen and oxygen atoms in total. The summed E-state index contributed by atoms with van der Waals surface area (Å²) in [5.41, 5.74) is 2.86. The first-order valence-corrected chi connectivity index (χ1v) is 5.61. The third-order valence-electron chi connectivity index (χ3n) is 2.66. The standard InChI is InChI=1S/C10H13NOS/c1-7(12)10-9(11-6-13-10)8-4-2-3-5-8/h6,8H,2-5H2,1H3. The van der Waals surface area contributed by atoms with E-state index in [1.165, 1.54) is 37.0 Å². The first-order chi connectivity index (χ1) is 6.29. The maximum absolute atomic E-state index is 11.3. The minimum Gasteiger partial charge on any atom is -0.294 e. The van der Waals surface area contributed by atoms with Crippen LogP contribution in [-0.4, -0.2) is 10.8 Å². The van der Waals surface area contributed by atoms with Crippen molar-refractivity contribution in [3.05, 3.63) is 16.1 Å². The normalized spacial score (nSPS) is 17.9. The molecule has 2 rings (SSSR count). The number of hydrogen-bond donors (Lipinski definition) is 0. The van der Waals surface area contributed by atoms with Crippen LogP contribution in [-0.2, 0) is 0 Å². The van der Waals surface area contributed by atoms with Gasteiger partial charge in [-0.1, -0.05) is 12.8 Å². The van der Waals surface area contributed by atoms with E-state index in [0.717, 1.165) is 10.6 Å². The van der Waals surface area contributed by atoms with Crippen LogP contribution in [0.2, 0.25) is 0 Å². The van der Waals surface area contributed by atoms with Crippen molar-refractivity contribution in [2.45, 2.75) is 38.5 Å². The quantitative estimate of drug-likeness (QED) is 0.679. The van der Waals surface area contributed by atoms with Gasteiger partial charge in [-0.05, 0) is 12.8 Å². The topological polar surface area (TPSA) is 30.0 Å². The zero-order valence-corrected chi connectivity index (χ0v) is 8.56. The van der Waals surface area contributed by atoms with Crippen LogP contribution in [0, 0.1) is 0 Å². The first-order valence-electron chi connectivity index (χ1n) is 4.73. The van der Waals surface area contributed by atoms with Gasteiger partial charge in [0.1, 0.15) is 0 Å². The van der Waals surface area contributed by atoms with E-state index in [9.17, 15) is 4.79 Å². The Labute approximate surface area is 82.0 Å². The van der Waals surface area contributed by atoms with E-state index in [-0.39, 0.29) is 5.78 Å². The highest BCUT2D eigenvalue weighted by atomic mass is 32.1. The Morgan fingerprint density at radius 1 is 1.54 bits per heavy atom. The monoisotopic (exact) mass is 195 g/mol. The summed E-state index contributed by atoms with van der Waals surface area (Å²) in [7, 11) is 0. The highest BCUT2D eigenvalue weighted by Gasteiger charge is 2.23. The number of ketones is 1. The number of nitrogens with zero attached hydrogens (tertiary/aromatic N) is 1. The van der Waals surface area contributed by atoms with Gasteiger partial charge in [0, 0.05) is 12.8 Å². The summed E-state index contributed by atoms with van der Waals surface area (Å²) < 4.78 is 0. The van der Waals surface area contributed by atoms with E-state index in [1.54, 1.807) is 12.4 Å². The van der Waals surface area contributed by atoms with E-state index in [0.29, 0.717) is 5.92 Å². The Balaban J connectivity index is 2.28. The predicted molar refractivity (Wildman–Crippen MR) is 53.3 cm³/mol. The SMILES string of the molecule is CC(=O)c1scnc1C1CCCC1. The highest BCUT2D eigenvalue weighted by Crippen LogP contribution is 2.36. The van der Waals surface area contributed by atoms with Crippen molar-refractivity contribution in [1.29, 1.82) is 0 Å². The fraction of sp³-hybridized carbons (Fsp3) is 0.600. The van der Waals surface area contributed by atoms with Crippen LogP contribution in [0.5, 0.6) is 0 Å². The average Bonchev–Trinajstić information content (AvgIpc) is 2.74. The number of carbonyl (C=O) groups excluding carboxylic acids is 1. The van der Waals surface area contributed by atoms with Crippen molar-refractivity contribution < 1.29 is 4.79 Å². The number of carbonyl (C=O) groups is 1. The summed E-state index contributed by atoms with van der Waals surface area (Å²) in [4.78, 5) is 16.5. The molecule has 3 heteroatoms. The molecule has 1 heterocycles.